The summed E-state index contributed by atoms with van der Waals surface area (Å²) in [5, 5.41) is 10.6. The SMILES string of the molecule is C=C1C(=O)O[C@H]2/C=C(\C)C/C=C/C(C)(O)CCC3OC3(C)C(OC(C)=O)C[C@@H]12. The predicted molar refractivity (Wildman–Crippen MR) is 103 cm³/mol. The molecular weight excluding hydrogens is 360 g/mol. The van der Waals surface area contributed by atoms with E-state index in [-0.39, 0.29) is 12.0 Å². The Hall–Kier alpha value is -1.92. The standard InChI is InChI=1S/C22H30O6/c1-13-7-6-9-21(4,25)10-8-18-22(5,28-18)19(26-15(3)23)12-16-14(2)20(24)27-17(16)11-13/h6,9,11,16-19,25H,2,7-8,10,12H2,1,3-5H3/b9-6+,13-11+/t16-,17-,18?,19?,21?,22?/m0/s1. The van der Waals surface area contributed by atoms with Gasteiger partial charge in [0.25, 0.3) is 0 Å². The summed E-state index contributed by atoms with van der Waals surface area (Å²) in [6.07, 6.45) is 6.80. The summed E-state index contributed by atoms with van der Waals surface area (Å²) in [4.78, 5) is 23.9. The molecule has 3 aliphatic rings. The van der Waals surface area contributed by atoms with Crippen LogP contribution in [-0.2, 0) is 23.8 Å². The highest BCUT2D eigenvalue weighted by molar-refractivity contribution is 5.91. The van der Waals surface area contributed by atoms with Crippen molar-refractivity contribution in [3.05, 3.63) is 36.0 Å². The molecule has 3 rings (SSSR count). The van der Waals surface area contributed by atoms with E-state index in [2.05, 4.69) is 6.58 Å². The zero-order valence-electron chi connectivity index (χ0n) is 17.1. The summed E-state index contributed by atoms with van der Waals surface area (Å²) < 4.78 is 17.1. The third-order valence-corrected chi connectivity index (χ3v) is 6.02. The molecule has 0 aromatic heterocycles. The lowest BCUT2D eigenvalue weighted by molar-refractivity contribution is -0.151. The summed E-state index contributed by atoms with van der Waals surface area (Å²) in [6.45, 7) is 10.9. The number of carbonyl (C=O) groups excluding carboxylic acids is 2. The minimum Gasteiger partial charge on any atom is -0.459 e. The summed E-state index contributed by atoms with van der Waals surface area (Å²) >= 11 is 0. The number of hydrogen-bond donors (Lipinski definition) is 1. The van der Waals surface area contributed by atoms with Crippen molar-refractivity contribution >= 4 is 11.9 Å². The van der Waals surface area contributed by atoms with E-state index >= 15 is 0 Å². The van der Waals surface area contributed by atoms with Crippen LogP contribution in [0, 0.1) is 5.92 Å². The number of hydrogen-bond acceptors (Lipinski definition) is 6. The highest BCUT2D eigenvalue weighted by Gasteiger charge is 2.60. The second kappa shape index (κ2) is 7.48. The quantitative estimate of drug-likeness (QED) is 0.321. The fourth-order valence-corrected chi connectivity index (χ4v) is 4.14. The first-order valence-electron chi connectivity index (χ1n) is 9.84. The smallest absolute Gasteiger partial charge is 0.334 e. The molecule has 2 aliphatic heterocycles. The van der Waals surface area contributed by atoms with Crippen LogP contribution in [0.15, 0.2) is 36.0 Å². The first-order valence-corrected chi connectivity index (χ1v) is 9.84. The van der Waals surface area contributed by atoms with E-state index in [9.17, 15) is 14.7 Å². The van der Waals surface area contributed by atoms with Crippen LogP contribution < -0.4 is 0 Å². The van der Waals surface area contributed by atoms with Gasteiger partial charge in [-0.15, -0.1) is 0 Å². The summed E-state index contributed by atoms with van der Waals surface area (Å²) in [6, 6.07) is 0. The third-order valence-electron chi connectivity index (χ3n) is 6.02. The van der Waals surface area contributed by atoms with Gasteiger partial charge in [0.15, 0.2) is 0 Å². The molecule has 1 N–H and O–H groups in total. The molecule has 0 spiro atoms. The average molecular weight is 390 g/mol. The largest absolute Gasteiger partial charge is 0.459 e. The monoisotopic (exact) mass is 390 g/mol. The number of rotatable bonds is 1. The van der Waals surface area contributed by atoms with Crippen LogP contribution in [0.2, 0.25) is 0 Å². The first-order chi connectivity index (χ1) is 13.0. The first kappa shape index (κ1) is 20.8. The van der Waals surface area contributed by atoms with Gasteiger partial charge in [0.1, 0.15) is 17.8 Å². The number of esters is 2. The van der Waals surface area contributed by atoms with E-state index in [1.54, 1.807) is 13.0 Å². The van der Waals surface area contributed by atoms with E-state index < -0.39 is 35.3 Å². The van der Waals surface area contributed by atoms with Crippen LogP contribution in [0.3, 0.4) is 0 Å². The third kappa shape index (κ3) is 4.39. The van der Waals surface area contributed by atoms with Gasteiger partial charge in [0, 0.05) is 18.4 Å². The summed E-state index contributed by atoms with van der Waals surface area (Å²) in [7, 11) is 0. The number of ether oxygens (including phenoxy) is 3. The van der Waals surface area contributed by atoms with Crippen molar-refractivity contribution in [2.45, 2.75) is 82.9 Å². The molecular formula is C22H30O6. The molecule has 28 heavy (non-hydrogen) atoms. The number of carbonyl (C=O) groups is 2. The molecule has 0 aromatic carbocycles. The zero-order valence-corrected chi connectivity index (χ0v) is 17.1. The lowest BCUT2D eigenvalue weighted by atomic mass is 9.83. The van der Waals surface area contributed by atoms with E-state index in [1.807, 2.05) is 26.0 Å². The number of aliphatic hydroxyl groups is 1. The minimum absolute atomic E-state index is 0.123. The highest BCUT2D eigenvalue weighted by atomic mass is 16.6. The second-order valence-corrected chi connectivity index (χ2v) is 8.64. The molecule has 0 bridgehead atoms. The Bertz CT molecular complexity index is 733. The molecule has 0 aromatic rings. The van der Waals surface area contributed by atoms with Gasteiger partial charge in [0.2, 0.25) is 0 Å². The lowest BCUT2D eigenvalue weighted by Crippen LogP contribution is -2.37. The maximum atomic E-state index is 12.1. The van der Waals surface area contributed by atoms with E-state index in [1.165, 1.54) is 6.92 Å². The molecule has 2 fully saturated rings. The predicted octanol–water partition coefficient (Wildman–Crippen LogP) is 3.00. The molecule has 1 aliphatic carbocycles. The molecule has 154 valence electrons. The van der Waals surface area contributed by atoms with Crippen LogP contribution in [0.1, 0.15) is 53.4 Å². The number of fused-ring (bicyclic) bond motifs is 2. The topological polar surface area (TPSA) is 85.4 Å². The minimum atomic E-state index is -0.940. The van der Waals surface area contributed by atoms with Gasteiger partial charge in [-0.3, -0.25) is 4.79 Å². The Kier molecular flexibility index (Phi) is 5.56. The molecule has 2 saturated heterocycles. The molecule has 4 unspecified atom stereocenters. The van der Waals surface area contributed by atoms with Crippen molar-refractivity contribution < 1.29 is 28.9 Å². The van der Waals surface area contributed by atoms with Gasteiger partial charge in [-0.05, 0) is 52.5 Å². The Balaban J connectivity index is 1.93. The molecule has 2 heterocycles. The fourth-order valence-electron chi connectivity index (χ4n) is 4.14. The highest BCUT2D eigenvalue weighted by Crippen LogP contribution is 2.47. The van der Waals surface area contributed by atoms with Crippen LogP contribution in [0.4, 0.5) is 0 Å². The normalized spacial score (nSPS) is 44.2. The van der Waals surface area contributed by atoms with Crippen molar-refractivity contribution in [2.75, 3.05) is 0 Å². The van der Waals surface area contributed by atoms with Crippen molar-refractivity contribution in [1.29, 1.82) is 0 Å². The molecule has 0 amide bonds. The van der Waals surface area contributed by atoms with Gasteiger partial charge in [0.05, 0.1) is 11.7 Å². The Labute approximate surface area is 166 Å². The van der Waals surface area contributed by atoms with E-state index in [4.69, 9.17) is 14.2 Å². The second-order valence-electron chi connectivity index (χ2n) is 8.64. The average Bonchev–Trinajstić information content (AvgIpc) is 3.18. The van der Waals surface area contributed by atoms with Crippen molar-refractivity contribution in [2.24, 2.45) is 5.92 Å². The summed E-state index contributed by atoms with van der Waals surface area (Å²) in [5.74, 6) is -1.08. The Morgan fingerprint density at radius 1 is 1.39 bits per heavy atom. The maximum Gasteiger partial charge on any atom is 0.334 e. The molecule has 6 nitrogen and oxygen atoms in total. The Morgan fingerprint density at radius 3 is 2.79 bits per heavy atom. The zero-order chi connectivity index (χ0) is 20.7. The van der Waals surface area contributed by atoms with Crippen molar-refractivity contribution in [3.63, 3.8) is 0 Å². The number of allylic oxidation sites excluding steroid dienone is 2. The Morgan fingerprint density at radius 2 is 2.11 bits per heavy atom. The van der Waals surface area contributed by atoms with E-state index in [0.29, 0.717) is 31.3 Å². The molecule has 0 saturated carbocycles. The van der Waals surface area contributed by atoms with Gasteiger partial charge >= 0.3 is 11.9 Å². The lowest BCUT2D eigenvalue weighted by Gasteiger charge is -2.26. The van der Waals surface area contributed by atoms with Gasteiger partial charge in [-0.1, -0.05) is 24.3 Å². The number of epoxide rings is 1. The molecule has 6 heteroatoms. The fraction of sp³-hybridized carbons (Fsp3) is 0.636. The molecule has 0 radical (unpaired) electrons. The van der Waals surface area contributed by atoms with Gasteiger partial charge in [-0.2, -0.15) is 0 Å². The van der Waals surface area contributed by atoms with Crippen molar-refractivity contribution in [3.8, 4) is 0 Å². The van der Waals surface area contributed by atoms with Crippen LogP contribution in [0.5, 0.6) is 0 Å². The molecule has 6 atom stereocenters. The van der Waals surface area contributed by atoms with Crippen LogP contribution in [0.25, 0.3) is 0 Å². The van der Waals surface area contributed by atoms with Crippen LogP contribution >= 0.6 is 0 Å². The maximum absolute atomic E-state index is 12.1. The van der Waals surface area contributed by atoms with Crippen LogP contribution in [-0.4, -0.2) is 46.6 Å². The van der Waals surface area contributed by atoms with Crippen molar-refractivity contribution in [1.82, 2.24) is 0 Å². The summed E-state index contributed by atoms with van der Waals surface area (Å²) in [5.41, 5.74) is -0.162. The van der Waals surface area contributed by atoms with E-state index in [0.717, 1.165) is 5.57 Å². The van der Waals surface area contributed by atoms with Gasteiger partial charge < -0.3 is 19.3 Å². The van der Waals surface area contributed by atoms with Gasteiger partial charge in [-0.25, -0.2) is 4.79 Å².